The summed E-state index contributed by atoms with van der Waals surface area (Å²) in [5, 5.41) is 19.6. The van der Waals surface area contributed by atoms with Gasteiger partial charge < -0.3 is 9.84 Å². The molecule has 0 aliphatic carbocycles. The zero-order valence-electron chi connectivity index (χ0n) is 10.7. The lowest BCUT2D eigenvalue weighted by molar-refractivity contribution is 0.373. The summed E-state index contributed by atoms with van der Waals surface area (Å²) >= 11 is 9.08. The first-order valence-electron chi connectivity index (χ1n) is 5.61. The highest BCUT2D eigenvalue weighted by Crippen LogP contribution is 2.32. The van der Waals surface area contributed by atoms with Crippen LogP contribution in [-0.2, 0) is 0 Å². The Morgan fingerprint density at radius 2 is 2.33 bits per heavy atom. The quantitative estimate of drug-likeness (QED) is 0.564. The van der Waals surface area contributed by atoms with Crippen molar-refractivity contribution in [2.75, 3.05) is 12.5 Å². The van der Waals surface area contributed by atoms with Gasteiger partial charge in [-0.2, -0.15) is 10.2 Å². The number of H-pyrrole nitrogens is 1. The lowest BCUT2D eigenvalue weighted by Gasteiger charge is -2.07. The van der Waals surface area contributed by atoms with E-state index in [1.165, 1.54) is 19.5 Å². The highest BCUT2D eigenvalue weighted by Gasteiger charge is 2.08. The van der Waals surface area contributed by atoms with Gasteiger partial charge in [0.15, 0.2) is 11.5 Å². The number of rotatable bonds is 4. The van der Waals surface area contributed by atoms with E-state index in [1.54, 1.807) is 12.1 Å². The number of hydrogen-bond acceptors (Lipinski definition) is 6. The van der Waals surface area contributed by atoms with Crippen molar-refractivity contribution in [3.8, 4) is 11.5 Å². The summed E-state index contributed by atoms with van der Waals surface area (Å²) < 4.78 is 5.74. The number of aromatic hydroxyl groups is 1. The molecule has 110 valence electrons. The van der Waals surface area contributed by atoms with Crippen LogP contribution in [0.1, 0.15) is 5.56 Å². The number of anilines is 1. The summed E-state index contributed by atoms with van der Waals surface area (Å²) in [5.74, 6) is 0.253. The van der Waals surface area contributed by atoms with Crippen LogP contribution in [0.3, 0.4) is 0 Å². The number of benzene rings is 1. The van der Waals surface area contributed by atoms with Crippen LogP contribution in [0.4, 0.5) is 5.69 Å². The van der Waals surface area contributed by atoms with Crippen molar-refractivity contribution in [3.05, 3.63) is 43.7 Å². The zero-order chi connectivity index (χ0) is 15.4. The van der Waals surface area contributed by atoms with Crippen molar-refractivity contribution < 1.29 is 9.84 Å². The van der Waals surface area contributed by atoms with Gasteiger partial charge in [-0.05, 0) is 12.1 Å². The standard InChI is InChI=1S/C12H10BrClN4O3/c1-21-9-3-7(13)2-6(11(9)19)4-15-17-8-5-16-18-12(20)10(8)14/h2-5,19H,1H3,(H2,17,18,20)/b15-4-. The average Bonchev–Trinajstić information content (AvgIpc) is 2.46. The van der Waals surface area contributed by atoms with E-state index in [2.05, 4.69) is 36.7 Å². The normalized spacial score (nSPS) is 10.8. The highest BCUT2D eigenvalue weighted by atomic mass is 79.9. The Morgan fingerprint density at radius 3 is 3.05 bits per heavy atom. The van der Waals surface area contributed by atoms with Crippen LogP contribution in [0.2, 0.25) is 5.02 Å². The number of aromatic amines is 1. The molecule has 0 spiro atoms. The van der Waals surface area contributed by atoms with Gasteiger partial charge in [0.2, 0.25) is 0 Å². The number of aromatic nitrogens is 2. The molecule has 9 heteroatoms. The van der Waals surface area contributed by atoms with E-state index in [1.807, 2.05) is 0 Å². The second-order valence-corrected chi connectivity index (χ2v) is 5.14. The van der Waals surface area contributed by atoms with Gasteiger partial charge in [0.05, 0.1) is 19.5 Å². The highest BCUT2D eigenvalue weighted by molar-refractivity contribution is 9.10. The summed E-state index contributed by atoms with van der Waals surface area (Å²) in [4.78, 5) is 11.3. The molecule has 0 saturated heterocycles. The van der Waals surface area contributed by atoms with E-state index in [9.17, 15) is 9.90 Å². The van der Waals surface area contributed by atoms with E-state index < -0.39 is 5.56 Å². The minimum absolute atomic E-state index is 0.0543. The maximum Gasteiger partial charge on any atom is 0.285 e. The molecular weight excluding hydrogens is 364 g/mol. The van der Waals surface area contributed by atoms with E-state index in [0.717, 1.165) is 4.47 Å². The van der Waals surface area contributed by atoms with E-state index in [4.69, 9.17) is 16.3 Å². The maximum atomic E-state index is 11.3. The Hall–Kier alpha value is -2.06. The summed E-state index contributed by atoms with van der Waals surface area (Å²) in [6, 6.07) is 3.28. The number of phenolic OH excluding ortho intramolecular Hbond substituents is 1. The maximum absolute atomic E-state index is 11.3. The minimum Gasteiger partial charge on any atom is -0.504 e. The SMILES string of the molecule is COc1cc(Br)cc(/C=N\Nc2cn[nH]c(=O)c2Cl)c1O. The molecule has 0 amide bonds. The van der Waals surface area contributed by atoms with Crippen LogP contribution in [0.5, 0.6) is 11.5 Å². The first-order valence-corrected chi connectivity index (χ1v) is 6.78. The summed E-state index contributed by atoms with van der Waals surface area (Å²) in [7, 11) is 1.45. The molecule has 0 aliphatic rings. The first kappa shape index (κ1) is 15.3. The fourth-order valence-electron chi connectivity index (χ4n) is 1.48. The number of halogens is 2. The molecule has 0 atom stereocenters. The predicted molar refractivity (Wildman–Crippen MR) is 83.4 cm³/mol. The molecule has 21 heavy (non-hydrogen) atoms. The van der Waals surface area contributed by atoms with Gasteiger partial charge in [-0.3, -0.25) is 10.2 Å². The Bertz CT molecular complexity index is 748. The number of hydrazone groups is 1. The van der Waals surface area contributed by atoms with Crippen molar-refractivity contribution in [1.29, 1.82) is 0 Å². The van der Waals surface area contributed by atoms with Crippen molar-refractivity contribution in [1.82, 2.24) is 10.2 Å². The molecule has 0 fully saturated rings. The summed E-state index contributed by atoms with van der Waals surface area (Å²) in [5.41, 5.74) is 2.72. The molecule has 1 aromatic heterocycles. The van der Waals surface area contributed by atoms with Gasteiger partial charge in [0.1, 0.15) is 10.7 Å². The van der Waals surface area contributed by atoms with Gasteiger partial charge in [-0.1, -0.05) is 27.5 Å². The van der Waals surface area contributed by atoms with Crippen molar-refractivity contribution in [3.63, 3.8) is 0 Å². The molecule has 0 radical (unpaired) electrons. The van der Waals surface area contributed by atoms with Crippen LogP contribution < -0.4 is 15.7 Å². The third-order valence-electron chi connectivity index (χ3n) is 2.47. The lowest BCUT2D eigenvalue weighted by atomic mass is 10.2. The predicted octanol–water partition coefficient (Wildman–Crippen LogP) is 2.35. The topological polar surface area (TPSA) is 99.6 Å². The summed E-state index contributed by atoms with van der Waals surface area (Å²) in [6.07, 6.45) is 2.68. The van der Waals surface area contributed by atoms with Crippen LogP contribution >= 0.6 is 27.5 Å². The second-order valence-electron chi connectivity index (χ2n) is 3.84. The van der Waals surface area contributed by atoms with Crippen molar-refractivity contribution >= 4 is 39.4 Å². The Balaban J connectivity index is 2.24. The molecule has 1 aromatic carbocycles. The van der Waals surface area contributed by atoms with Gasteiger partial charge in [-0.25, -0.2) is 5.10 Å². The van der Waals surface area contributed by atoms with E-state index >= 15 is 0 Å². The average molecular weight is 374 g/mol. The molecule has 7 nitrogen and oxygen atoms in total. The molecular formula is C12H10BrClN4O3. The number of methoxy groups -OCH3 is 1. The molecule has 0 bridgehead atoms. The molecule has 0 aliphatic heterocycles. The Labute approximate surface area is 132 Å². The largest absolute Gasteiger partial charge is 0.504 e. The molecule has 3 N–H and O–H groups in total. The number of hydrogen-bond donors (Lipinski definition) is 3. The van der Waals surface area contributed by atoms with Gasteiger partial charge in [0.25, 0.3) is 5.56 Å². The van der Waals surface area contributed by atoms with E-state index in [0.29, 0.717) is 11.3 Å². The monoisotopic (exact) mass is 372 g/mol. The summed E-state index contributed by atoms with van der Waals surface area (Å²) in [6.45, 7) is 0. The van der Waals surface area contributed by atoms with Crippen LogP contribution in [0.15, 0.2) is 32.7 Å². The minimum atomic E-state index is -0.524. The second kappa shape index (κ2) is 6.59. The number of ether oxygens (including phenoxy) is 1. The Morgan fingerprint density at radius 1 is 1.57 bits per heavy atom. The number of phenols is 1. The van der Waals surface area contributed by atoms with Crippen LogP contribution in [0.25, 0.3) is 0 Å². The molecule has 0 saturated carbocycles. The van der Waals surface area contributed by atoms with Gasteiger partial charge in [0, 0.05) is 10.0 Å². The third-order valence-corrected chi connectivity index (χ3v) is 3.31. The molecule has 2 aromatic rings. The van der Waals surface area contributed by atoms with Gasteiger partial charge in [-0.15, -0.1) is 0 Å². The number of nitrogens with zero attached hydrogens (tertiary/aromatic N) is 2. The first-order chi connectivity index (χ1) is 10.0. The Kier molecular flexibility index (Phi) is 4.81. The molecule has 2 rings (SSSR count). The zero-order valence-corrected chi connectivity index (χ0v) is 13.1. The van der Waals surface area contributed by atoms with Gasteiger partial charge >= 0.3 is 0 Å². The number of nitrogens with one attached hydrogen (secondary N) is 2. The fraction of sp³-hybridized carbons (Fsp3) is 0.0833. The lowest BCUT2D eigenvalue weighted by Crippen LogP contribution is -2.10. The third kappa shape index (κ3) is 3.53. The van der Waals surface area contributed by atoms with Crippen molar-refractivity contribution in [2.45, 2.75) is 0 Å². The van der Waals surface area contributed by atoms with Crippen LogP contribution in [0, 0.1) is 0 Å². The van der Waals surface area contributed by atoms with Crippen molar-refractivity contribution in [2.24, 2.45) is 5.10 Å². The fourth-order valence-corrected chi connectivity index (χ4v) is 2.07. The van der Waals surface area contributed by atoms with Crippen LogP contribution in [-0.4, -0.2) is 28.6 Å². The van der Waals surface area contributed by atoms with E-state index in [-0.39, 0.29) is 16.5 Å². The molecule has 0 unspecified atom stereocenters. The smallest absolute Gasteiger partial charge is 0.285 e. The molecule has 1 heterocycles.